The summed E-state index contributed by atoms with van der Waals surface area (Å²) >= 11 is 1.62. The fourth-order valence-corrected chi connectivity index (χ4v) is 2.51. The molecule has 0 saturated heterocycles. The highest BCUT2D eigenvalue weighted by Gasteiger charge is 2.04. The number of benzene rings is 1. The number of nitrogens with zero attached hydrogens (tertiary/aromatic N) is 1. The lowest BCUT2D eigenvalue weighted by molar-refractivity contribution is -0.121. The van der Waals surface area contributed by atoms with Gasteiger partial charge in [-0.25, -0.2) is 4.98 Å². The van der Waals surface area contributed by atoms with E-state index in [2.05, 4.69) is 41.5 Å². The van der Waals surface area contributed by atoms with Crippen molar-refractivity contribution in [2.24, 2.45) is 0 Å². The maximum Gasteiger partial charge on any atom is 0.220 e. The number of carbonyl (C=O) groups excluding carboxylic acids is 1. The van der Waals surface area contributed by atoms with Crippen LogP contribution in [0.5, 0.6) is 0 Å². The quantitative estimate of drug-likeness (QED) is 0.910. The first-order chi connectivity index (χ1) is 9.13. The molecule has 19 heavy (non-hydrogen) atoms. The van der Waals surface area contributed by atoms with Crippen LogP contribution < -0.4 is 5.32 Å². The topological polar surface area (TPSA) is 42.0 Å². The van der Waals surface area contributed by atoms with Crippen LogP contribution in [0, 0.1) is 13.8 Å². The minimum absolute atomic E-state index is 0.0895. The first-order valence-corrected chi connectivity index (χ1v) is 7.18. The summed E-state index contributed by atoms with van der Waals surface area (Å²) in [4.78, 5) is 17.0. The van der Waals surface area contributed by atoms with E-state index in [4.69, 9.17) is 0 Å². The van der Waals surface area contributed by atoms with Gasteiger partial charge in [-0.05, 0) is 25.8 Å². The Morgan fingerprint density at radius 1 is 1.26 bits per heavy atom. The zero-order valence-electron chi connectivity index (χ0n) is 11.3. The lowest BCUT2D eigenvalue weighted by atomic mass is 10.1. The van der Waals surface area contributed by atoms with Gasteiger partial charge >= 0.3 is 0 Å². The van der Waals surface area contributed by atoms with Crippen molar-refractivity contribution in [1.82, 2.24) is 10.3 Å². The van der Waals surface area contributed by atoms with Gasteiger partial charge in [0.2, 0.25) is 5.91 Å². The van der Waals surface area contributed by atoms with Crippen molar-refractivity contribution in [3.8, 4) is 0 Å². The normalized spacial score (nSPS) is 10.4. The molecular formula is C15H18N2OS. The Labute approximate surface area is 117 Å². The largest absolute Gasteiger partial charge is 0.351 e. The summed E-state index contributed by atoms with van der Waals surface area (Å²) in [6, 6.07) is 8.31. The summed E-state index contributed by atoms with van der Waals surface area (Å²) in [7, 11) is 0. The van der Waals surface area contributed by atoms with Gasteiger partial charge in [-0.2, -0.15) is 0 Å². The fraction of sp³-hybridized carbons (Fsp3) is 0.333. The highest BCUT2D eigenvalue weighted by molar-refractivity contribution is 7.11. The molecule has 1 N–H and O–H groups in total. The van der Waals surface area contributed by atoms with Gasteiger partial charge in [-0.1, -0.05) is 29.8 Å². The number of thiazole rings is 1. The van der Waals surface area contributed by atoms with Crippen LogP contribution in [0.4, 0.5) is 0 Å². The number of hydrogen-bond donors (Lipinski definition) is 1. The van der Waals surface area contributed by atoms with Gasteiger partial charge in [-0.3, -0.25) is 4.79 Å². The summed E-state index contributed by atoms with van der Waals surface area (Å²) < 4.78 is 0. The van der Waals surface area contributed by atoms with Crippen LogP contribution in [0.3, 0.4) is 0 Å². The van der Waals surface area contributed by atoms with E-state index in [0.717, 1.165) is 16.3 Å². The molecule has 4 heteroatoms. The highest BCUT2D eigenvalue weighted by Crippen LogP contribution is 2.11. The molecule has 1 amide bonds. The minimum atomic E-state index is 0.0895. The first-order valence-electron chi connectivity index (χ1n) is 6.37. The standard InChI is InChI=1S/C15H18N2OS/c1-11-3-5-13(6-4-11)7-8-15(18)17-10-14-9-16-12(2)19-14/h3-6,9H,7-8,10H2,1-2H3,(H,17,18). The maximum atomic E-state index is 11.7. The van der Waals surface area contributed by atoms with E-state index in [0.29, 0.717) is 13.0 Å². The lowest BCUT2D eigenvalue weighted by Gasteiger charge is -2.04. The number of amides is 1. The molecule has 0 aliphatic heterocycles. The number of nitrogens with one attached hydrogen (secondary N) is 1. The second-order valence-corrected chi connectivity index (χ2v) is 5.93. The molecule has 1 heterocycles. The van der Waals surface area contributed by atoms with Crippen molar-refractivity contribution < 1.29 is 4.79 Å². The Morgan fingerprint density at radius 3 is 2.63 bits per heavy atom. The molecule has 2 aromatic rings. The Hall–Kier alpha value is -1.68. The fourth-order valence-electron chi connectivity index (χ4n) is 1.77. The Bertz CT molecular complexity index is 546. The zero-order chi connectivity index (χ0) is 13.7. The summed E-state index contributed by atoms with van der Waals surface area (Å²) in [5, 5.41) is 3.96. The van der Waals surface area contributed by atoms with Gasteiger partial charge < -0.3 is 5.32 Å². The van der Waals surface area contributed by atoms with Crippen LogP contribution >= 0.6 is 11.3 Å². The molecule has 1 aromatic heterocycles. The molecule has 0 aliphatic rings. The Balaban J connectivity index is 1.74. The molecule has 0 spiro atoms. The van der Waals surface area contributed by atoms with Crippen molar-refractivity contribution in [2.45, 2.75) is 33.2 Å². The Morgan fingerprint density at radius 2 is 2.00 bits per heavy atom. The summed E-state index contributed by atoms with van der Waals surface area (Å²) in [5.74, 6) is 0.0895. The Kier molecular flexibility index (Phi) is 4.68. The molecule has 100 valence electrons. The average Bonchev–Trinajstić information content (AvgIpc) is 2.81. The number of aromatic nitrogens is 1. The molecule has 0 fully saturated rings. The van der Waals surface area contributed by atoms with Gasteiger partial charge in [-0.15, -0.1) is 11.3 Å². The lowest BCUT2D eigenvalue weighted by Crippen LogP contribution is -2.22. The van der Waals surface area contributed by atoms with E-state index in [1.54, 1.807) is 11.3 Å². The first kappa shape index (κ1) is 13.7. The molecular weight excluding hydrogens is 256 g/mol. The van der Waals surface area contributed by atoms with Gasteiger partial charge in [0.15, 0.2) is 0 Å². The molecule has 0 bridgehead atoms. The second kappa shape index (κ2) is 6.48. The average molecular weight is 274 g/mol. The van der Waals surface area contributed by atoms with Crippen LogP contribution in [0.25, 0.3) is 0 Å². The van der Waals surface area contributed by atoms with E-state index in [-0.39, 0.29) is 5.91 Å². The van der Waals surface area contributed by atoms with Gasteiger partial charge in [0.05, 0.1) is 11.6 Å². The predicted octanol–water partition coefficient (Wildman–Crippen LogP) is 3.01. The second-order valence-electron chi connectivity index (χ2n) is 4.61. The summed E-state index contributed by atoms with van der Waals surface area (Å²) in [6.07, 6.45) is 3.13. The summed E-state index contributed by atoms with van der Waals surface area (Å²) in [5.41, 5.74) is 2.45. The third-order valence-corrected chi connectivity index (χ3v) is 3.80. The van der Waals surface area contributed by atoms with E-state index in [9.17, 15) is 4.79 Å². The predicted molar refractivity (Wildman–Crippen MR) is 78.2 cm³/mol. The van der Waals surface area contributed by atoms with Gasteiger partial charge in [0, 0.05) is 17.5 Å². The van der Waals surface area contributed by atoms with E-state index < -0.39 is 0 Å². The van der Waals surface area contributed by atoms with E-state index in [1.165, 1.54) is 11.1 Å². The SMILES string of the molecule is Cc1ccc(CCC(=O)NCc2cnc(C)s2)cc1. The van der Waals surface area contributed by atoms with Gasteiger partial charge in [0.1, 0.15) is 0 Å². The molecule has 0 aliphatic carbocycles. The minimum Gasteiger partial charge on any atom is -0.351 e. The molecule has 0 atom stereocenters. The van der Waals surface area contributed by atoms with Crippen LogP contribution in [0.1, 0.15) is 27.4 Å². The van der Waals surface area contributed by atoms with Crippen molar-refractivity contribution in [1.29, 1.82) is 0 Å². The van der Waals surface area contributed by atoms with Crippen molar-refractivity contribution in [3.63, 3.8) is 0 Å². The highest BCUT2D eigenvalue weighted by atomic mass is 32.1. The third kappa shape index (κ3) is 4.48. The number of rotatable bonds is 5. The molecule has 3 nitrogen and oxygen atoms in total. The van der Waals surface area contributed by atoms with E-state index in [1.807, 2.05) is 13.1 Å². The molecule has 1 aromatic carbocycles. The summed E-state index contributed by atoms with van der Waals surface area (Å²) in [6.45, 7) is 4.61. The van der Waals surface area contributed by atoms with Crippen molar-refractivity contribution in [2.75, 3.05) is 0 Å². The smallest absolute Gasteiger partial charge is 0.220 e. The molecule has 2 rings (SSSR count). The van der Waals surface area contributed by atoms with Gasteiger partial charge in [0.25, 0.3) is 0 Å². The van der Waals surface area contributed by atoms with Crippen molar-refractivity contribution >= 4 is 17.2 Å². The maximum absolute atomic E-state index is 11.7. The molecule has 0 unspecified atom stereocenters. The number of aryl methyl sites for hydroxylation is 3. The number of carbonyl (C=O) groups is 1. The number of hydrogen-bond acceptors (Lipinski definition) is 3. The zero-order valence-corrected chi connectivity index (χ0v) is 12.1. The third-order valence-electron chi connectivity index (χ3n) is 2.89. The monoisotopic (exact) mass is 274 g/mol. The van der Waals surface area contributed by atoms with Crippen LogP contribution in [-0.2, 0) is 17.8 Å². The van der Waals surface area contributed by atoms with E-state index >= 15 is 0 Å². The van der Waals surface area contributed by atoms with Crippen LogP contribution in [-0.4, -0.2) is 10.9 Å². The molecule has 0 radical (unpaired) electrons. The van der Waals surface area contributed by atoms with Crippen molar-refractivity contribution in [3.05, 3.63) is 51.5 Å². The molecule has 0 saturated carbocycles. The van der Waals surface area contributed by atoms with Crippen LogP contribution in [0.15, 0.2) is 30.5 Å². The van der Waals surface area contributed by atoms with Crippen LogP contribution in [0.2, 0.25) is 0 Å².